The molecule has 1 atom stereocenters. The van der Waals surface area contributed by atoms with Crippen LogP contribution in [-0.2, 0) is 22.6 Å². The van der Waals surface area contributed by atoms with E-state index in [0.717, 1.165) is 11.1 Å². The molecule has 0 N–H and O–H groups in total. The highest BCUT2D eigenvalue weighted by molar-refractivity contribution is 6.13. The van der Waals surface area contributed by atoms with Crippen molar-refractivity contribution in [3.8, 4) is 11.5 Å². The molecule has 0 bridgehead atoms. The molecule has 5 nitrogen and oxygen atoms in total. The van der Waals surface area contributed by atoms with Crippen LogP contribution in [0.4, 0.5) is 0 Å². The number of carbonyl (C=O) groups is 2. The molecule has 0 amide bonds. The SMILES string of the molecule is COc1cc2c(c(OC)c1)C(=O)C(C(=O)OCc1ccccc1)C2. The van der Waals surface area contributed by atoms with Gasteiger partial charge in [0.05, 0.1) is 19.8 Å². The highest BCUT2D eigenvalue weighted by Gasteiger charge is 2.39. The van der Waals surface area contributed by atoms with Crippen molar-refractivity contribution < 1.29 is 23.8 Å². The minimum atomic E-state index is -0.829. The molecule has 0 radical (unpaired) electrons. The van der Waals surface area contributed by atoms with Crippen molar-refractivity contribution >= 4 is 11.8 Å². The van der Waals surface area contributed by atoms with Crippen LogP contribution in [0.3, 0.4) is 0 Å². The Morgan fingerprint density at radius 2 is 1.88 bits per heavy atom. The van der Waals surface area contributed by atoms with E-state index < -0.39 is 11.9 Å². The van der Waals surface area contributed by atoms with Crippen molar-refractivity contribution in [2.45, 2.75) is 13.0 Å². The minimum absolute atomic E-state index is 0.153. The second kappa shape index (κ2) is 6.74. The number of ketones is 1. The molecule has 24 heavy (non-hydrogen) atoms. The molecule has 0 aliphatic heterocycles. The van der Waals surface area contributed by atoms with Gasteiger partial charge in [-0.15, -0.1) is 0 Å². The largest absolute Gasteiger partial charge is 0.497 e. The summed E-state index contributed by atoms with van der Waals surface area (Å²) in [7, 11) is 3.03. The maximum Gasteiger partial charge on any atom is 0.317 e. The van der Waals surface area contributed by atoms with Crippen molar-refractivity contribution in [3.05, 3.63) is 59.2 Å². The first-order valence-corrected chi connectivity index (χ1v) is 7.63. The quantitative estimate of drug-likeness (QED) is 0.624. The summed E-state index contributed by atoms with van der Waals surface area (Å²) in [5, 5.41) is 0. The summed E-state index contributed by atoms with van der Waals surface area (Å²) in [6, 6.07) is 12.8. The monoisotopic (exact) mass is 326 g/mol. The first-order valence-electron chi connectivity index (χ1n) is 7.63. The van der Waals surface area contributed by atoms with Crippen molar-refractivity contribution in [3.63, 3.8) is 0 Å². The Hall–Kier alpha value is -2.82. The van der Waals surface area contributed by atoms with Gasteiger partial charge in [-0.2, -0.15) is 0 Å². The maximum atomic E-state index is 12.6. The number of fused-ring (bicyclic) bond motifs is 1. The third kappa shape index (κ3) is 2.97. The van der Waals surface area contributed by atoms with E-state index in [2.05, 4.69) is 0 Å². The maximum absolute atomic E-state index is 12.6. The minimum Gasteiger partial charge on any atom is -0.497 e. The standard InChI is InChI=1S/C19H18O5/c1-22-14-8-13-9-15(18(20)17(13)16(10-14)23-2)19(21)24-11-12-6-4-3-5-7-12/h3-8,10,15H,9,11H2,1-2H3. The van der Waals surface area contributed by atoms with E-state index in [1.165, 1.54) is 7.11 Å². The van der Waals surface area contributed by atoms with Crippen LogP contribution in [0.2, 0.25) is 0 Å². The molecule has 5 heteroatoms. The Kier molecular flexibility index (Phi) is 4.51. The molecule has 2 aromatic carbocycles. The van der Waals surface area contributed by atoms with Gasteiger partial charge < -0.3 is 14.2 Å². The van der Waals surface area contributed by atoms with Crippen LogP contribution in [0.15, 0.2) is 42.5 Å². The molecule has 0 saturated heterocycles. The normalized spacial score (nSPS) is 15.8. The van der Waals surface area contributed by atoms with Gasteiger partial charge in [-0.25, -0.2) is 0 Å². The molecule has 0 saturated carbocycles. The Bertz CT molecular complexity index is 767. The smallest absolute Gasteiger partial charge is 0.317 e. The van der Waals surface area contributed by atoms with Crippen LogP contribution in [-0.4, -0.2) is 26.0 Å². The van der Waals surface area contributed by atoms with Crippen LogP contribution in [0.1, 0.15) is 21.5 Å². The first-order chi connectivity index (χ1) is 11.6. The van der Waals surface area contributed by atoms with E-state index in [1.807, 2.05) is 30.3 Å². The molecule has 0 aromatic heterocycles. The molecular weight excluding hydrogens is 308 g/mol. The number of ether oxygens (including phenoxy) is 3. The second-order valence-electron chi connectivity index (χ2n) is 5.58. The van der Waals surface area contributed by atoms with Gasteiger partial charge in [0.25, 0.3) is 0 Å². The summed E-state index contributed by atoms with van der Waals surface area (Å²) in [6.45, 7) is 0.153. The van der Waals surface area contributed by atoms with E-state index in [-0.39, 0.29) is 12.4 Å². The summed E-state index contributed by atoms with van der Waals surface area (Å²) >= 11 is 0. The summed E-state index contributed by atoms with van der Waals surface area (Å²) in [6.07, 6.45) is 0.301. The third-order valence-electron chi connectivity index (χ3n) is 4.11. The second-order valence-corrected chi connectivity index (χ2v) is 5.58. The number of esters is 1. The fraction of sp³-hybridized carbons (Fsp3) is 0.263. The third-order valence-corrected chi connectivity index (χ3v) is 4.11. The number of Topliss-reactive ketones (excluding diaryl/α,β-unsaturated/α-hetero) is 1. The van der Waals surface area contributed by atoms with E-state index in [0.29, 0.717) is 23.5 Å². The van der Waals surface area contributed by atoms with Crippen LogP contribution in [0, 0.1) is 5.92 Å². The van der Waals surface area contributed by atoms with Gasteiger partial charge >= 0.3 is 5.97 Å². The number of hydrogen-bond donors (Lipinski definition) is 0. The van der Waals surface area contributed by atoms with Crippen molar-refractivity contribution in [2.75, 3.05) is 14.2 Å². The summed E-state index contributed by atoms with van der Waals surface area (Å²) in [4.78, 5) is 24.9. The lowest BCUT2D eigenvalue weighted by atomic mass is 10.1. The van der Waals surface area contributed by atoms with E-state index in [1.54, 1.807) is 19.2 Å². The lowest BCUT2D eigenvalue weighted by Crippen LogP contribution is -2.23. The van der Waals surface area contributed by atoms with Gasteiger partial charge in [0, 0.05) is 6.07 Å². The summed E-state index contributed by atoms with van der Waals surface area (Å²) in [5.74, 6) is -0.585. The van der Waals surface area contributed by atoms with Crippen LogP contribution >= 0.6 is 0 Å². The van der Waals surface area contributed by atoms with Crippen molar-refractivity contribution in [1.82, 2.24) is 0 Å². The lowest BCUT2D eigenvalue weighted by molar-refractivity contribution is -0.147. The van der Waals surface area contributed by atoms with Gasteiger partial charge in [0.1, 0.15) is 24.0 Å². The predicted octanol–water partition coefficient (Wildman–Crippen LogP) is 2.80. The molecule has 1 aliphatic rings. The van der Waals surface area contributed by atoms with Crippen LogP contribution in [0.25, 0.3) is 0 Å². The number of hydrogen-bond acceptors (Lipinski definition) is 5. The summed E-state index contributed by atoms with van der Waals surface area (Å²) < 4.78 is 15.8. The zero-order valence-corrected chi connectivity index (χ0v) is 13.6. The Morgan fingerprint density at radius 1 is 1.12 bits per heavy atom. The average molecular weight is 326 g/mol. The van der Waals surface area contributed by atoms with E-state index in [9.17, 15) is 9.59 Å². The number of methoxy groups -OCH3 is 2. The average Bonchev–Trinajstić information content (AvgIpc) is 2.96. The molecule has 2 aromatic rings. The number of benzene rings is 2. The molecule has 1 unspecified atom stereocenters. The van der Waals surface area contributed by atoms with Gasteiger partial charge in [-0.1, -0.05) is 30.3 Å². The fourth-order valence-electron chi connectivity index (χ4n) is 2.87. The lowest BCUT2D eigenvalue weighted by Gasteiger charge is -2.09. The predicted molar refractivity (Wildman–Crippen MR) is 87.3 cm³/mol. The van der Waals surface area contributed by atoms with Gasteiger partial charge in [-0.3, -0.25) is 9.59 Å². The topological polar surface area (TPSA) is 61.8 Å². The van der Waals surface area contributed by atoms with Crippen molar-refractivity contribution in [1.29, 1.82) is 0 Å². The molecule has 0 fully saturated rings. The molecule has 0 heterocycles. The number of carbonyl (C=O) groups excluding carboxylic acids is 2. The zero-order chi connectivity index (χ0) is 17.1. The number of rotatable bonds is 5. The zero-order valence-electron chi connectivity index (χ0n) is 13.6. The van der Waals surface area contributed by atoms with Crippen molar-refractivity contribution in [2.24, 2.45) is 5.92 Å². The van der Waals surface area contributed by atoms with E-state index in [4.69, 9.17) is 14.2 Å². The molecule has 0 spiro atoms. The van der Waals surface area contributed by atoms with Crippen LogP contribution in [0.5, 0.6) is 11.5 Å². The van der Waals surface area contributed by atoms with Gasteiger partial charge in [0.15, 0.2) is 5.78 Å². The highest BCUT2D eigenvalue weighted by atomic mass is 16.5. The first kappa shape index (κ1) is 16.1. The molecule has 3 rings (SSSR count). The Balaban J connectivity index is 1.76. The molecule has 1 aliphatic carbocycles. The van der Waals surface area contributed by atoms with E-state index >= 15 is 0 Å². The Morgan fingerprint density at radius 3 is 2.54 bits per heavy atom. The highest BCUT2D eigenvalue weighted by Crippen LogP contribution is 2.37. The Labute approximate surface area is 140 Å². The van der Waals surface area contributed by atoms with Gasteiger partial charge in [-0.05, 0) is 23.6 Å². The van der Waals surface area contributed by atoms with Gasteiger partial charge in [0.2, 0.25) is 0 Å². The molecular formula is C19H18O5. The molecule has 124 valence electrons. The fourth-order valence-corrected chi connectivity index (χ4v) is 2.87. The summed E-state index contributed by atoms with van der Waals surface area (Å²) in [5.41, 5.74) is 2.07. The van der Waals surface area contributed by atoms with Crippen LogP contribution < -0.4 is 9.47 Å².